The summed E-state index contributed by atoms with van der Waals surface area (Å²) in [6.07, 6.45) is 0. The normalized spacial score (nSPS) is 11.5. The number of primary amides is 1. The highest BCUT2D eigenvalue weighted by Crippen LogP contribution is 2.32. The zero-order valence-electron chi connectivity index (χ0n) is 12.2. The molecule has 2 nitrogen and oxygen atoms in total. The summed E-state index contributed by atoms with van der Waals surface area (Å²) in [5.74, 6) is -0.435. The Bertz CT molecular complexity index is 682. The van der Waals surface area contributed by atoms with Crippen LogP contribution in [0.4, 0.5) is 0 Å². The third-order valence-electron chi connectivity index (χ3n) is 3.29. The van der Waals surface area contributed by atoms with Crippen LogP contribution in [0.3, 0.4) is 0 Å². The second-order valence-electron chi connectivity index (χ2n) is 6.03. The fourth-order valence-corrected chi connectivity index (χ4v) is 2.83. The minimum Gasteiger partial charge on any atom is -0.366 e. The highest BCUT2D eigenvalue weighted by molar-refractivity contribution is 6.35. The lowest BCUT2D eigenvalue weighted by Gasteiger charge is -2.22. The highest BCUT2D eigenvalue weighted by atomic mass is 35.5. The lowest BCUT2D eigenvalue weighted by atomic mass is 9.82. The zero-order chi connectivity index (χ0) is 15.8. The maximum Gasteiger partial charge on any atom is 0.249 e. The SMILES string of the molecule is CC(C)(C)c1ccc(-c2cc(Cl)cc(Cl)c2)cc1C(N)=O. The van der Waals surface area contributed by atoms with Crippen molar-refractivity contribution in [1.29, 1.82) is 0 Å². The molecule has 0 atom stereocenters. The first-order chi connectivity index (χ1) is 9.68. The summed E-state index contributed by atoms with van der Waals surface area (Å²) >= 11 is 12.1. The van der Waals surface area contributed by atoms with Gasteiger partial charge in [0.25, 0.3) is 0 Å². The smallest absolute Gasteiger partial charge is 0.249 e. The van der Waals surface area contributed by atoms with Crippen LogP contribution in [0.15, 0.2) is 36.4 Å². The van der Waals surface area contributed by atoms with Crippen LogP contribution in [0.1, 0.15) is 36.7 Å². The van der Waals surface area contributed by atoms with Crippen LogP contribution in [-0.2, 0) is 5.41 Å². The molecule has 2 aromatic rings. The number of carbonyl (C=O) groups excluding carboxylic acids is 1. The van der Waals surface area contributed by atoms with E-state index in [1.54, 1.807) is 12.1 Å². The molecule has 0 saturated heterocycles. The Hall–Kier alpha value is -1.51. The molecule has 0 saturated carbocycles. The van der Waals surface area contributed by atoms with Crippen LogP contribution in [0, 0.1) is 0 Å². The highest BCUT2D eigenvalue weighted by Gasteiger charge is 2.21. The van der Waals surface area contributed by atoms with Gasteiger partial charge >= 0.3 is 0 Å². The number of carbonyl (C=O) groups is 1. The number of hydrogen-bond donors (Lipinski definition) is 1. The van der Waals surface area contributed by atoms with E-state index < -0.39 is 5.91 Å². The van der Waals surface area contributed by atoms with Gasteiger partial charge in [0.05, 0.1) is 0 Å². The van der Waals surface area contributed by atoms with Gasteiger partial charge in [-0.2, -0.15) is 0 Å². The molecule has 0 unspecified atom stereocenters. The average molecular weight is 322 g/mol. The fourth-order valence-electron chi connectivity index (χ4n) is 2.30. The van der Waals surface area contributed by atoms with Gasteiger partial charge in [-0.15, -0.1) is 0 Å². The van der Waals surface area contributed by atoms with Gasteiger partial charge in [0, 0.05) is 15.6 Å². The van der Waals surface area contributed by atoms with Crippen LogP contribution < -0.4 is 5.73 Å². The summed E-state index contributed by atoms with van der Waals surface area (Å²) in [6.45, 7) is 6.14. The molecule has 0 radical (unpaired) electrons. The third-order valence-corrected chi connectivity index (χ3v) is 3.73. The molecule has 110 valence electrons. The van der Waals surface area contributed by atoms with Gasteiger partial charge in [0.15, 0.2) is 0 Å². The Morgan fingerprint density at radius 2 is 1.52 bits per heavy atom. The summed E-state index contributed by atoms with van der Waals surface area (Å²) in [7, 11) is 0. The largest absolute Gasteiger partial charge is 0.366 e. The summed E-state index contributed by atoms with van der Waals surface area (Å²) in [5.41, 5.74) is 8.54. The van der Waals surface area contributed by atoms with Crippen molar-refractivity contribution < 1.29 is 4.79 Å². The van der Waals surface area contributed by atoms with Crippen molar-refractivity contribution in [2.75, 3.05) is 0 Å². The van der Waals surface area contributed by atoms with Crippen molar-refractivity contribution in [3.05, 3.63) is 57.6 Å². The lowest BCUT2D eigenvalue weighted by molar-refractivity contribution is 0.0998. The third kappa shape index (κ3) is 3.58. The fraction of sp³-hybridized carbons (Fsp3) is 0.235. The molecule has 0 aromatic heterocycles. The number of nitrogens with two attached hydrogens (primary N) is 1. The molecule has 0 aliphatic carbocycles. The Balaban J connectivity index is 2.62. The second kappa shape index (κ2) is 5.70. The predicted molar refractivity (Wildman–Crippen MR) is 89.1 cm³/mol. The van der Waals surface area contributed by atoms with Gasteiger partial charge in [-0.25, -0.2) is 0 Å². The van der Waals surface area contributed by atoms with Gasteiger partial charge in [-0.1, -0.05) is 56.1 Å². The molecule has 4 heteroatoms. The van der Waals surface area contributed by atoms with Gasteiger partial charge in [0.2, 0.25) is 5.91 Å². The lowest BCUT2D eigenvalue weighted by Crippen LogP contribution is -2.21. The van der Waals surface area contributed by atoms with Gasteiger partial charge < -0.3 is 5.73 Å². The Labute approximate surface area is 134 Å². The first-order valence-electron chi connectivity index (χ1n) is 6.59. The number of rotatable bonds is 2. The van der Waals surface area contributed by atoms with Crippen LogP contribution in [-0.4, -0.2) is 5.91 Å². The molecule has 0 spiro atoms. The van der Waals surface area contributed by atoms with Gasteiger partial charge in [-0.05, 0) is 46.4 Å². The zero-order valence-corrected chi connectivity index (χ0v) is 13.7. The number of halogens is 2. The van der Waals surface area contributed by atoms with Crippen LogP contribution >= 0.6 is 23.2 Å². The summed E-state index contributed by atoms with van der Waals surface area (Å²) in [4.78, 5) is 11.8. The van der Waals surface area contributed by atoms with E-state index in [4.69, 9.17) is 28.9 Å². The van der Waals surface area contributed by atoms with Gasteiger partial charge in [0.1, 0.15) is 0 Å². The predicted octanol–water partition coefficient (Wildman–Crippen LogP) is 5.06. The quantitative estimate of drug-likeness (QED) is 0.825. The van der Waals surface area contributed by atoms with Crippen LogP contribution in [0.25, 0.3) is 11.1 Å². The van der Waals surface area contributed by atoms with E-state index >= 15 is 0 Å². The Morgan fingerprint density at radius 1 is 0.952 bits per heavy atom. The van der Waals surface area contributed by atoms with Crippen LogP contribution in [0.5, 0.6) is 0 Å². The average Bonchev–Trinajstić information content (AvgIpc) is 2.35. The van der Waals surface area contributed by atoms with E-state index in [2.05, 4.69) is 0 Å². The van der Waals surface area contributed by atoms with E-state index in [1.807, 2.05) is 45.0 Å². The molecule has 2 N–H and O–H groups in total. The molecular formula is C17H17Cl2NO. The van der Waals surface area contributed by atoms with Crippen molar-refractivity contribution in [2.24, 2.45) is 5.73 Å². The van der Waals surface area contributed by atoms with Crippen molar-refractivity contribution in [2.45, 2.75) is 26.2 Å². The van der Waals surface area contributed by atoms with E-state index in [0.717, 1.165) is 16.7 Å². The molecule has 1 amide bonds. The molecule has 0 heterocycles. The molecule has 0 fully saturated rings. The van der Waals surface area contributed by atoms with E-state index in [1.165, 1.54) is 0 Å². The summed E-state index contributed by atoms with van der Waals surface area (Å²) in [5, 5.41) is 1.11. The molecule has 2 aromatic carbocycles. The summed E-state index contributed by atoms with van der Waals surface area (Å²) in [6, 6.07) is 11.0. The maximum absolute atomic E-state index is 11.8. The molecule has 0 aliphatic rings. The number of amides is 1. The topological polar surface area (TPSA) is 43.1 Å². The Kier molecular flexibility index (Phi) is 4.31. The first kappa shape index (κ1) is 15.9. The van der Waals surface area contributed by atoms with Crippen molar-refractivity contribution >= 4 is 29.1 Å². The van der Waals surface area contributed by atoms with Crippen LogP contribution in [0.2, 0.25) is 10.0 Å². The van der Waals surface area contributed by atoms with E-state index in [9.17, 15) is 4.79 Å². The van der Waals surface area contributed by atoms with Crippen molar-refractivity contribution in [1.82, 2.24) is 0 Å². The maximum atomic E-state index is 11.8. The number of benzene rings is 2. The van der Waals surface area contributed by atoms with E-state index in [-0.39, 0.29) is 5.41 Å². The minimum atomic E-state index is -0.435. The molecular weight excluding hydrogens is 305 g/mol. The second-order valence-corrected chi connectivity index (χ2v) is 6.91. The summed E-state index contributed by atoms with van der Waals surface area (Å²) < 4.78 is 0. The molecule has 0 aliphatic heterocycles. The van der Waals surface area contributed by atoms with E-state index in [0.29, 0.717) is 15.6 Å². The Morgan fingerprint density at radius 3 is 2.00 bits per heavy atom. The number of hydrogen-bond acceptors (Lipinski definition) is 1. The van der Waals surface area contributed by atoms with Gasteiger partial charge in [-0.3, -0.25) is 4.79 Å². The standard InChI is InChI=1S/C17H17Cl2NO/c1-17(2,3)15-5-4-10(8-14(15)16(20)21)11-6-12(18)9-13(19)7-11/h4-9H,1-3H3,(H2,20,21). The first-order valence-corrected chi connectivity index (χ1v) is 7.35. The van der Waals surface area contributed by atoms with Crippen molar-refractivity contribution in [3.8, 4) is 11.1 Å². The van der Waals surface area contributed by atoms with Crippen molar-refractivity contribution in [3.63, 3.8) is 0 Å². The molecule has 0 bridgehead atoms. The monoisotopic (exact) mass is 321 g/mol. The minimum absolute atomic E-state index is 0.158. The molecule has 21 heavy (non-hydrogen) atoms. The molecule has 2 rings (SSSR count).